The van der Waals surface area contributed by atoms with Crippen molar-refractivity contribution < 1.29 is 26.2 Å². The van der Waals surface area contributed by atoms with E-state index in [-0.39, 0.29) is 26.2 Å². The third-order valence-corrected chi connectivity index (χ3v) is 3.98. The van der Waals surface area contributed by atoms with Crippen LogP contribution in [0.3, 0.4) is 0 Å². The summed E-state index contributed by atoms with van der Waals surface area (Å²) < 4.78 is 0. The normalized spacial score (nSPS) is 11.5. The Balaban J connectivity index is 0.000000370. The first-order valence-electron chi connectivity index (χ1n) is 9.49. The molecule has 0 spiro atoms. The van der Waals surface area contributed by atoms with E-state index in [2.05, 4.69) is 20.8 Å². The Morgan fingerprint density at radius 1 is 0.567 bits per heavy atom. The number of rotatable bonds is 0. The molecule has 1 heterocycles. The van der Waals surface area contributed by atoms with Crippen LogP contribution in [0.1, 0.15) is 16.7 Å². The number of hydrogen-bond donors (Lipinski definition) is 0. The molecular weight excluding hydrogens is 446 g/mol. The van der Waals surface area contributed by atoms with Gasteiger partial charge < -0.3 is 15.2 Å². The Bertz CT molecular complexity index is 691. The summed E-state index contributed by atoms with van der Waals surface area (Å²) in [4.78, 5) is 3.64. The topological polar surface area (TPSA) is 28.8 Å². The van der Waals surface area contributed by atoms with Crippen molar-refractivity contribution in [3.8, 4) is 0 Å². The van der Waals surface area contributed by atoms with Crippen LogP contribution in [-0.2, 0) is 26.2 Å². The van der Waals surface area contributed by atoms with Gasteiger partial charge in [-0.15, -0.1) is 36.4 Å². The average Bonchev–Trinajstić information content (AvgIpc) is 3.02. The molecule has 3 nitrogen and oxygen atoms in total. The molecule has 0 aliphatic carbocycles. The summed E-state index contributed by atoms with van der Waals surface area (Å²) in [5.74, 6) is 0.380. The summed E-state index contributed by atoms with van der Waals surface area (Å²) in [5.41, 5.74) is 3.22. The van der Waals surface area contributed by atoms with Crippen molar-refractivity contribution in [2.75, 3.05) is 27.2 Å². The van der Waals surface area contributed by atoms with E-state index in [9.17, 15) is 0 Å². The van der Waals surface area contributed by atoms with Crippen LogP contribution in [-0.4, -0.2) is 42.9 Å². The predicted octanol–water partition coefficient (Wildman–Crippen LogP) is 5.39. The summed E-state index contributed by atoms with van der Waals surface area (Å²) in [6.07, 6.45) is 0. The Morgan fingerprint density at radius 2 is 0.800 bits per heavy atom. The Hall–Kier alpha value is -2.58. The molecule has 4 heteroatoms. The molecule has 3 aromatic rings. The molecule has 0 aromatic heterocycles. The number of likely N-dealkylation sites (N-methyl/N-ethyl adjacent to an activating group) is 2. The molecule has 1 aliphatic heterocycles. The van der Waals surface area contributed by atoms with Gasteiger partial charge in [0.15, 0.2) is 0 Å². The van der Waals surface area contributed by atoms with Gasteiger partial charge in [-0.2, -0.15) is 73.9 Å². The number of guanidine groups is 1. The first-order valence-corrected chi connectivity index (χ1v) is 9.49. The van der Waals surface area contributed by atoms with Crippen LogP contribution < -0.4 is 0 Å². The van der Waals surface area contributed by atoms with E-state index in [1.807, 2.05) is 115 Å². The van der Waals surface area contributed by atoms with Crippen molar-refractivity contribution in [1.82, 2.24) is 9.80 Å². The van der Waals surface area contributed by atoms with E-state index in [1.54, 1.807) is 0 Å². The maximum atomic E-state index is 9.03. The quantitative estimate of drug-likeness (QED) is 0.407. The molecule has 0 amide bonds. The van der Waals surface area contributed by atoms with Crippen molar-refractivity contribution in [2.24, 2.45) is 0 Å². The van der Waals surface area contributed by atoms with Crippen molar-refractivity contribution in [3.05, 3.63) is 134 Å². The number of hydrogen-bond acceptors (Lipinski definition) is 0. The Labute approximate surface area is 202 Å². The number of nitrogens with zero attached hydrogens (tertiary/aromatic N) is 3. The molecule has 0 bridgehead atoms. The first-order chi connectivity index (χ1) is 13.9. The molecule has 0 saturated carbocycles. The predicted molar refractivity (Wildman–Crippen MR) is 126 cm³/mol. The minimum Gasteiger partial charge on any atom is -0.429 e. The van der Waals surface area contributed by atoms with Crippen LogP contribution in [0.4, 0.5) is 0 Å². The Morgan fingerprint density at radius 3 is 0.900 bits per heavy atom. The monoisotopic (exact) mass is 475 g/mol. The van der Waals surface area contributed by atoms with Crippen molar-refractivity contribution in [2.45, 2.75) is 0 Å². The van der Waals surface area contributed by atoms with Gasteiger partial charge in [-0.1, -0.05) is 18.2 Å². The van der Waals surface area contributed by atoms with E-state index in [1.165, 1.54) is 0 Å². The van der Waals surface area contributed by atoms with E-state index < -0.39 is 0 Å². The first kappa shape index (κ1) is 27.4. The summed E-state index contributed by atoms with van der Waals surface area (Å²) in [6.45, 7) is 13.0. The summed E-state index contributed by atoms with van der Waals surface area (Å²) >= 11 is 0. The smallest absolute Gasteiger partial charge is 0.429 e. The van der Waals surface area contributed by atoms with Crippen LogP contribution in [0.2, 0.25) is 0 Å². The van der Waals surface area contributed by atoms with Crippen molar-refractivity contribution in [3.63, 3.8) is 0 Å². The SMILES string of the molecule is CN1CCN(C)C1=[N-].[CH2-]c1ccccc1.[CH2-]c1ccccc1.[CH2-]c1ccccc1.[Zr+4]. The van der Waals surface area contributed by atoms with Crippen LogP contribution >= 0.6 is 0 Å². The van der Waals surface area contributed by atoms with Gasteiger partial charge in [0.1, 0.15) is 0 Å². The van der Waals surface area contributed by atoms with E-state index in [4.69, 9.17) is 5.41 Å². The fourth-order valence-electron chi connectivity index (χ4n) is 2.23. The van der Waals surface area contributed by atoms with Crippen molar-refractivity contribution >= 4 is 5.96 Å². The molecule has 30 heavy (non-hydrogen) atoms. The maximum absolute atomic E-state index is 9.03. The van der Waals surface area contributed by atoms with Gasteiger partial charge in [-0.25, -0.2) is 0 Å². The maximum Gasteiger partial charge on any atom is 4.00 e. The third-order valence-electron chi connectivity index (χ3n) is 3.98. The molecule has 0 N–H and O–H groups in total. The molecular formula is C26H31N3Zr. The minimum atomic E-state index is 0. The molecule has 0 atom stereocenters. The zero-order valence-corrected chi connectivity index (χ0v) is 20.5. The molecule has 1 fully saturated rings. The fourth-order valence-corrected chi connectivity index (χ4v) is 2.23. The second-order valence-electron chi connectivity index (χ2n) is 6.60. The minimum absolute atomic E-state index is 0. The van der Waals surface area contributed by atoms with Crippen LogP contribution in [0.15, 0.2) is 91.0 Å². The van der Waals surface area contributed by atoms with Gasteiger partial charge in [-0.05, 0) is 27.2 Å². The van der Waals surface area contributed by atoms with Gasteiger partial charge in [0.2, 0.25) is 0 Å². The molecule has 1 saturated heterocycles. The molecule has 3 aromatic carbocycles. The summed E-state index contributed by atoms with van der Waals surface area (Å²) in [6, 6.07) is 29.6. The standard InChI is InChI=1S/3C7H7.C5H10N3.Zr/c3*1-7-5-3-2-4-6-7;1-7-3-4-8(2)5(7)6;/h3*2-6H,1H2;3-4H2,1-2H3;/q4*-1;+4. The van der Waals surface area contributed by atoms with Gasteiger partial charge in [0, 0.05) is 5.96 Å². The van der Waals surface area contributed by atoms with E-state index >= 15 is 0 Å². The molecule has 0 radical (unpaired) electrons. The van der Waals surface area contributed by atoms with Crippen LogP contribution in [0, 0.1) is 20.8 Å². The second kappa shape index (κ2) is 16.2. The van der Waals surface area contributed by atoms with E-state index in [0.29, 0.717) is 5.96 Å². The molecule has 154 valence electrons. The zero-order chi connectivity index (χ0) is 21.5. The Kier molecular flexibility index (Phi) is 14.9. The van der Waals surface area contributed by atoms with Gasteiger partial charge in [-0.3, -0.25) is 0 Å². The molecule has 0 unspecified atom stereocenters. The van der Waals surface area contributed by atoms with Crippen LogP contribution in [0.5, 0.6) is 0 Å². The third kappa shape index (κ3) is 12.8. The van der Waals surface area contributed by atoms with Gasteiger partial charge >= 0.3 is 26.2 Å². The van der Waals surface area contributed by atoms with Crippen LogP contribution in [0.25, 0.3) is 5.41 Å². The largest absolute Gasteiger partial charge is 4.00 e. The summed E-state index contributed by atoms with van der Waals surface area (Å²) in [7, 11) is 3.75. The fraction of sp³-hybridized carbons (Fsp3) is 0.154. The molecule has 1 aliphatic rings. The number of benzene rings is 3. The van der Waals surface area contributed by atoms with Gasteiger partial charge in [0.25, 0.3) is 0 Å². The van der Waals surface area contributed by atoms with E-state index in [0.717, 1.165) is 29.8 Å². The molecule has 4 rings (SSSR count). The van der Waals surface area contributed by atoms with Gasteiger partial charge in [0.05, 0.1) is 0 Å². The second-order valence-corrected chi connectivity index (χ2v) is 6.60. The zero-order valence-electron chi connectivity index (χ0n) is 18.0. The van der Waals surface area contributed by atoms with Crippen molar-refractivity contribution in [1.29, 1.82) is 0 Å². The average molecular weight is 477 g/mol. The summed E-state index contributed by atoms with van der Waals surface area (Å²) in [5, 5.41) is 9.03.